The molecule has 0 radical (unpaired) electrons. The van der Waals surface area contributed by atoms with Crippen molar-refractivity contribution in [2.45, 2.75) is 27.2 Å². The van der Waals surface area contributed by atoms with Crippen molar-refractivity contribution in [3.05, 3.63) is 16.5 Å². The minimum atomic E-state index is -1.22. The number of hydrogen-bond acceptors (Lipinski definition) is 5. The highest BCUT2D eigenvalue weighted by Crippen LogP contribution is 2.29. The Kier molecular flexibility index (Phi) is 5.69. The van der Waals surface area contributed by atoms with E-state index in [1.165, 1.54) is 18.3 Å². The molecule has 1 amide bonds. The van der Waals surface area contributed by atoms with E-state index < -0.39 is 23.8 Å². The van der Waals surface area contributed by atoms with E-state index in [1.807, 2.05) is 6.92 Å². The molecule has 20 heavy (non-hydrogen) atoms. The van der Waals surface area contributed by atoms with Crippen LogP contribution >= 0.6 is 11.3 Å². The number of nitrogens with one attached hydrogen (secondary N) is 1. The number of rotatable bonds is 6. The Hall–Kier alpha value is -1.89. The predicted molar refractivity (Wildman–Crippen MR) is 75.1 cm³/mol. The standard InChI is InChI=1S/C13H17NO5S/c1-4-8-6-9(13(18)19-5-2)11(20-8)14-10(15)7(3)12(16)17/h6-7H,4-5H2,1-3H3,(H,14,15)(H,16,17). The maximum absolute atomic E-state index is 11.8. The molecular formula is C13H17NO5S. The number of carboxylic acid groups (broad SMARTS) is 1. The Morgan fingerprint density at radius 2 is 2.05 bits per heavy atom. The van der Waals surface area contributed by atoms with Gasteiger partial charge in [-0.25, -0.2) is 4.79 Å². The molecule has 7 heteroatoms. The summed E-state index contributed by atoms with van der Waals surface area (Å²) < 4.78 is 4.92. The van der Waals surface area contributed by atoms with Gasteiger partial charge in [-0.3, -0.25) is 9.59 Å². The average molecular weight is 299 g/mol. The Bertz CT molecular complexity index is 523. The first-order valence-corrected chi connectivity index (χ1v) is 7.05. The van der Waals surface area contributed by atoms with Gasteiger partial charge in [-0.05, 0) is 26.3 Å². The SMILES string of the molecule is CCOC(=O)c1cc(CC)sc1NC(=O)C(C)C(=O)O. The third-order valence-corrected chi connectivity index (χ3v) is 3.82. The minimum Gasteiger partial charge on any atom is -0.481 e. The largest absolute Gasteiger partial charge is 0.481 e. The van der Waals surface area contributed by atoms with Crippen LogP contribution in [-0.4, -0.2) is 29.6 Å². The third-order valence-electron chi connectivity index (χ3n) is 2.63. The predicted octanol–water partition coefficient (Wildman–Crippen LogP) is 2.15. The normalized spacial score (nSPS) is 11.8. The van der Waals surface area contributed by atoms with Crippen LogP contribution in [0.4, 0.5) is 5.00 Å². The molecular weight excluding hydrogens is 282 g/mol. The minimum absolute atomic E-state index is 0.231. The van der Waals surface area contributed by atoms with E-state index >= 15 is 0 Å². The lowest BCUT2D eigenvalue weighted by molar-refractivity contribution is -0.144. The number of ether oxygens (including phenoxy) is 1. The fourth-order valence-corrected chi connectivity index (χ4v) is 2.39. The lowest BCUT2D eigenvalue weighted by atomic mass is 10.1. The Morgan fingerprint density at radius 1 is 1.40 bits per heavy atom. The lowest BCUT2D eigenvalue weighted by Gasteiger charge is -2.08. The topological polar surface area (TPSA) is 92.7 Å². The summed E-state index contributed by atoms with van der Waals surface area (Å²) in [6.45, 7) is 5.13. The molecule has 0 aliphatic rings. The van der Waals surface area contributed by atoms with Crippen LogP contribution in [-0.2, 0) is 20.7 Å². The smallest absolute Gasteiger partial charge is 0.341 e. The molecule has 0 fully saturated rings. The van der Waals surface area contributed by atoms with Crippen molar-refractivity contribution in [2.75, 3.05) is 11.9 Å². The van der Waals surface area contributed by atoms with Gasteiger partial charge < -0.3 is 15.2 Å². The van der Waals surface area contributed by atoms with Gasteiger partial charge in [-0.2, -0.15) is 0 Å². The fraction of sp³-hybridized carbons (Fsp3) is 0.462. The van der Waals surface area contributed by atoms with Gasteiger partial charge in [0.15, 0.2) is 0 Å². The molecule has 0 aliphatic heterocycles. The second kappa shape index (κ2) is 7.04. The summed E-state index contributed by atoms with van der Waals surface area (Å²) in [7, 11) is 0. The molecule has 0 spiro atoms. The zero-order valence-corrected chi connectivity index (χ0v) is 12.4. The molecule has 0 bridgehead atoms. The molecule has 2 N–H and O–H groups in total. The van der Waals surface area contributed by atoms with Crippen LogP contribution in [0.5, 0.6) is 0 Å². The number of anilines is 1. The summed E-state index contributed by atoms with van der Waals surface area (Å²) in [6.07, 6.45) is 0.710. The van der Waals surface area contributed by atoms with Gasteiger partial charge >= 0.3 is 11.9 Å². The van der Waals surface area contributed by atoms with Crippen molar-refractivity contribution in [3.63, 3.8) is 0 Å². The van der Waals surface area contributed by atoms with Crippen LogP contribution in [0.2, 0.25) is 0 Å². The van der Waals surface area contributed by atoms with E-state index in [0.717, 1.165) is 4.88 Å². The first kappa shape index (κ1) is 16.2. The molecule has 1 heterocycles. The number of amides is 1. The molecule has 110 valence electrons. The number of aryl methyl sites for hydroxylation is 1. The summed E-state index contributed by atoms with van der Waals surface area (Å²) in [5, 5.41) is 11.6. The summed E-state index contributed by atoms with van der Waals surface area (Å²) in [5.74, 6) is -3.58. The van der Waals surface area contributed by atoms with Crippen molar-refractivity contribution in [2.24, 2.45) is 5.92 Å². The molecule has 1 aromatic rings. The van der Waals surface area contributed by atoms with Gasteiger partial charge in [0.05, 0.1) is 12.2 Å². The van der Waals surface area contributed by atoms with Gasteiger partial charge in [-0.1, -0.05) is 6.92 Å². The van der Waals surface area contributed by atoms with Gasteiger partial charge in [0, 0.05) is 4.88 Å². The molecule has 1 unspecified atom stereocenters. The van der Waals surface area contributed by atoms with Crippen LogP contribution in [0.3, 0.4) is 0 Å². The van der Waals surface area contributed by atoms with Gasteiger partial charge in [0.1, 0.15) is 10.9 Å². The van der Waals surface area contributed by atoms with E-state index in [2.05, 4.69) is 5.32 Å². The van der Waals surface area contributed by atoms with Crippen LogP contribution in [0.1, 0.15) is 36.0 Å². The molecule has 6 nitrogen and oxygen atoms in total. The molecule has 1 aromatic heterocycles. The Labute approximate surface area is 120 Å². The number of carbonyl (C=O) groups excluding carboxylic acids is 2. The van der Waals surface area contributed by atoms with Gasteiger partial charge in [0.2, 0.25) is 5.91 Å². The quantitative estimate of drug-likeness (QED) is 0.620. The van der Waals surface area contributed by atoms with Crippen molar-refractivity contribution < 1.29 is 24.2 Å². The van der Waals surface area contributed by atoms with E-state index in [4.69, 9.17) is 9.84 Å². The lowest BCUT2D eigenvalue weighted by Crippen LogP contribution is -2.27. The number of aliphatic carboxylic acids is 1. The van der Waals surface area contributed by atoms with E-state index in [1.54, 1.807) is 13.0 Å². The monoisotopic (exact) mass is 299 g/mol. The molecule has 1 rings (SSSR count). The maximum atomic E-state index is 11.8. The zero-order valence-electron chi connectivity index (χ0n) is 11.6. The summed E-state index contributed by atoms with van der Waals surface area (Å²) in [5.41, 5.74) is 0.264. The van der Waals surface area contributed by atoms with Gasteiger partial charge in [0.25, 0.3) is 0 Å². The van der Waals surface area contributed by atoms with Crippen LogP contribution in [0.15, 0.2) is 6.07 Å². The summed E-state index contributed by atoms with van der Waals surface area (Å²) >= 11 is 1.25. The summed E-state index contributed by atoms with van der Waals surface area (Å²) in [4.78, 5) is 35.2. The number of esters is 1. The van der Waals surface area contributed by atoms with Crippen molar-refractivity contribution in [1.82, 2.24) is 0 Å². The highest BCUT2D eigenvalue weighted by Gasteiger charge is 2.24. The number of thiophene rings is 1. The summed E-state index contributed by atoms with van der Waals surface area (Å²) in [6, 6.07) is 1.66. The number of carbonyl (C=O) groups is 3. The molecule has 0 saturated heterocycles. The molecule has 0 saturated carbocycles. The first-order chi connectivity index (χ1) is 9.40. The number of hydrogen-bond donors (Lipinski definition) is 2. The maximum Gasteiger partial charge on any atom is 0.341 e. The second-order valence-corrected chi connectivity index (χ2v) is 5.22. The van der Waals surface area contributed by atoms with E-state index in [0.29, 0.717) is 11.4 Å². The zero-order chi connectivity index (χ0) is 15.3. The van der Waals surface area contributed by atoms with Crippen LogP contribution in [0, 0.1) is 5.92 Å². The first-order valence-electron chi connectivity index (χ1n) is 6.24. The number of carboxylic acids is 1. The van der Waals surface area contributed by atoms with Crippen molar-refractivity contribution in [1.29, 1.82) is 0 Å². The Morgan fingerprint density at radius 3 is 2.55 bits per heavy atom. The molecule has 0 aliphatic carbocycles. The highest BCUT2D eigenvalue weighted by atomic mass is 32.1. The fourth-order valence-electron chi connectivity index (χ4n) is 1.40. The molecule has 0 aromatic carbocycles. The second-order valence-electron chi connectivity index (χ2n) is 4.08. The van der Waals surface area contributed by atoms with Crippen LogP contribution in [0.25, 0.3) is 0 Å². The molecule has 1 atom stereocenters. The van der Waals surface area contributed by atoms with Gasteiger partial charge in [-0.15, -0.1) is 11.3 Å². The highest BCUT2D eigenvalue weighted by molar-refractivity contribution is 7.16. The average Bonchev–Trinajstić information content (AvgIpc) is 2.81. The van der Waals surface area contributed by atoms with Crippen LogP contribution < -0.4 is 5.32 Å². The van der Waals surface area contributed by atoms with E-state index in [-0.39, 0.29) is 12.2 Å². The Balaban J connectivity index is 2.98. The third kappa shape index (κ3) is 3.80. The van der Waals surface area contributed by atoms with E-state index in [9.17, 15) is 14.4 Å². The van der Waals surface area contributed by atoms with Crippen molar-refractivity contribution in [3.8, 4) is 0 Å². The van der Waals surface area contributed by atoms with Crippen molar-refractivity contribution >= 4 is 34.2 Å².